The maximum absolute atomic E-state index is 12.7. The van der Waals surface area contributed by atoms with Crippen LogP contribution in [0, 0.1) is 0 Å². The predicted molar refractivity (Wildman–Crippen MR) is 60.3 cm³/mol. The summed E-state index contributed by atoms with van der Waals surface area (Å²) in [4.78, 5) is 14.6. The van der Waals surface area contributed by atoms with Crippen molar-refractivity contribution in [2.24, 2.45) is 5.16 Å². The van der Waals surface area contributed by atoms with Crippen molar-refractivity contribution in [1.29, 1.82) is 0 Å². The van der Waals surface area contributed by atoms with Crippen LogP contribution in [0.1, 0.15) is 5.56 Å². The van der Waals surface area contributed by atoms with Gasteiger partial charge in [0.15, 0.2) is 5.71 Å². The Morgan fingerprint density at radius 3 is 1.95 bits per heavy atom. The van der Waals surface area contributed by atoms with E-state index >= 15 is 0 Å². The number of benzene rings is 1. The molecule has 0 aromatic heterocycles. The summed E-state index contributed by atoms with van der Waals surface area (Å²) in [6.07, 6.45) is -10.1. The molecule has 9 heteroatoms. The molecule has 0 aliphatic heterocycles. The highest BCUT2D eigenvalue weighted by atomic mass is 19.4. The Balaban J connectivity index is 3.02. The molecule has 0 aliphatic carbocycles. The van der Waals surface area contributed by atoms with Gasteiger partial charge in [-0.1, -0.05) is 42.1 Å². The third kappa shape index (κ3) is 4.62. The molecule has 3 nitrogen and oxygen atoms in total. The van der Waals surface area contributed by atoms with Crippen LogP contribution in [-0.4, -0.2) is 24.0 Å². The van der Waals surface area contributed by atoms with Crippen LogP contribution in [0.3, 0.4) is 0 Å². The third-order valence-corrected chi connectivity index (χ3v) is 2.12. The van der Waals surface area contributed by atoms with E-state index in [0.29, 0.717) is 0 Å². The van der Waals surface area contributed by atoms with Gasteiger partial charge in [0.1, 0.15) is 5.57 Å². The standard InChI is InChI=1S/C12H7F6NO2/c1-7(11(13,14)15)10(20)21-19-9(12(16,17)18)8-5-3-2-4-6-8/h2-6H,1H2. The number of alkyl halides is 6. The van der Waals surface area contributed by atoms with E-state index in [0.717, 1.165) is 12.1 Å². The summed E-state index contributed by atoms with van der Waals surface area (Å²) < 4.78 is 74.5. The maximum Gasteiger partial charge on any atom is 0.437 e. The van der Waals surface area contributed by atoms with Crippen LogP contribution in [0.15, 0.2) is 47.6 Å². The maximum atomic E-state index is 12.7. The normalized spacial score (nSPS) is 13.0. The second-order valence-electron chi connectivity index (χ2n) is 3.66. The van der Waals surface area contributed by atoms with Gasteiger partial charge < -0.3 is 4.84 Å². The molecule has 0 saturated heterocycles. The lowest BCUT2D eigenvalue weighted by Gasteiger charge is -2.10. The van der Waals surface area contributed by atoms with Crippen LogP contribution < -0.4 is 0 Å². The molecule has 0 spiro atoms. The summed E-state index contributed by atoms with van der Waals surface area (Å²) in [7, 11) is 0. The van der Waals surface area contributed by atoms with E-state index in [1.54, 1.807) is 0 Å². The lowest BCUT2D eigenvalue weighted by Crippen LogP contribution is -2.26. The smallest absolute Gasteiger partial charge is 0.312 e. The van der Waals surface area contributed by atoms with Gasteiger partial charge >= 0.3 is 18.3 Å². The molecule has 1 aromatic rings. The summed E-state index contributed by atoms with van der Waals surface area (Å²) in [5.41, 5.74) is -4.05. The van der Waals surface area contributed by atoms with Crippen molar-refractivity contribution in [3.05, 3.63) is 48.0 Å². The van der Waals surface area contributed by atoms with Crippen LogP contribution in [0.4, 0.5) is 26.3 Å². The molecular formula is C12H7F6NO2. The van der Waals surface area contributed by atoms with Crippen LogP contribution in [0.25, 0.3) is 0 Å². The van der Waals surface area contributed by atoms with Crippen molar-refractivity contribution in [1.82, 2.24) is 0 Å². The molecule has 0 unspecified atom stereocenters. The van der Waals surface area contributed by atoms with Gasteiger partial charge in [0.05, 0.1) is 0 Å². The molecule has 1 aromatic carbocycles. The third-order valence-electron chi connectivity index (χ3n) is 2.12. The molecule has 1 rings (SSSR count). The summed E-state index contributed by atoms with van der Waals surface area (Å²) >= 11 is 0. The molecule has 0 bridgehead atoms. The number of nitrogens with zero attached hydrogens (tertiary/aromatic N) is 1. The lowest BCUT2D eigenvalue weighted by atomic mass is 10.1. The molecule has 0 saturated carbocycles. The fourth-order valence-electron chi connectivity index (χ4n) is 1.12. The van der Waals surface area contributed by atoms with Gasteiger partial charge in [0.25, 0.3) is 0 Å². The Bertz CT molecular complexity index is 559. The molecule has 21 heavy (non-hydrogen) atoms. The second-order valence-corrected chi connectivity index (χ2v) is 3.66. The highest BCUT2D eigenvalue weighted by Crippen LogP contribution is 2.26. The molecule has 0 heterocycles. The summed E-state index contributed by atoms with van der Waals surface area (Å²) in [6, 6.07) is 5.96. The predicted octanol–water partition coefficient (Wildman–Crippen LogP) is 3.61. The van der Waals surface area contributed by atoms with Crippen LogP contribution in [0.5, 0.6) is 0 Å². The molecule has 0 radical (unpaired) electrons. The van der Waals surface area contributed by atoms with E-state index in [9.17, 15) is 31.1 Å². The largest absolute Gasteiger partial charge is 0.437 e. The van der Waals surface area contributed by atoms with Gasteiger partial charge in [0.2, 0.25) is 0 Å². The number of halogens is 6. The van der Waals surface area contributed by atoms with Gasteiger partial charge in [-0.15, -0.1) is 0 Å². The molecule has 0 amide bonds. The van der Waals surface area contributed by atoms with Crippen molar-refractivity contribution in [2.45, 2.75) is 12.4 Å². The molecular weight excluding hydrogens is 304 g/mol. The molecule has 0 fully saturated rings. The van der Waals surface area contributed by atoms with Crippen molar-refractivity contribution in [2.75, 3.05) is 0 Å². The zero-order valence-corrected chi connectivity index (χ0v) is 10.1. The Morgan fingerprint density at radius 2 is 1.52 bits per heavy atom. The first kappa shape index (κ1) is 16.7. The van der Waals surface area contributed by atoms with Crippen LogP contribution in [0.2, 0.25) is 0 Å². The molecule has 114 valence electrons. The van der Waals surface area contributed by atoms with E-state index in [1.807, 2.05) is 0 Å². The number of rotatable bonds is 3. The number of hydrogen-bond acceptors (Lipinski definition) is 3. The van der Waals surface area contributed by atoms with E-state index in [-0.39, 0.29) is 0 Å². The quantitative estimate of drug-likeness (QED) is 0.281. The first-order valence-corrected chi connectivity index (χ1v) is 5.21. The first-order chi connectivity index (χ1) is 9.53. The topological polar surface area (TPSA) is 38.7 Å². The summed E-state index contributed by atoms with van der Waals surface area (Å²) in [5, 5.41) is 2.48. The molecule has 0 N–H and O–H groups in total. The van der Waals surface area contributed by atoms with E-state index in [2.05, 4.69) is 16.6 Å². The van der Waals surface area contributed by atoms with Gasteiger partial charge in [0, 0.05) is 5.56 Å². The molecule has 0 atom stereocenters. The van der Waals surface area contributed by atoms with Gasteiger partial charge in [-0.3, -0.25) is 0 Å². The average molecular weight is 311 g/mol. The first-order valence-electron chi connectivity index (χ1n) is 5.21. The van der Waals surface area contributed by atoms with Gasteiger partial charge in [-0.2, -0.15) is 26.3 Å². The number of carbonyl (C=O) groups is 1. The zero-order valence-electron chi connectivity index (χ0n) is 10.1. The SMILES string of the molecule is C=C(C(=O)ON=C(c1ccccc1)C(F)(F)F)C(F)(F)F. The van der Waals surface area contributed by atoms with Crippen LogP contribution in [-0.2, 0) is 9.63 Å². The summed E-state index contributed by atoms with van der Waals surface area (Å²) in [5.74, 6) is -2.11. The van der Waals surface area contributed by atoms with Gasteiger partial charge in [-0.25, -0.2) is 4.79 Å². The van der Waals surface area contributed by atoms with E-state index in [4.69, 9.17) is 0 Å². The average Bonchev–Trinajstić information content (AvgIpc) is 2.36. The van der Waals surface area contributed by atoms with Crippen molar-refractivity contribution >= 4 is 11.7 Å². The fraction of sp³-hybridized carbons (Fsp3) is 0.167. The van der Waals surface area contributed by atoms with Crippen molar-refractivity contribution < 1.29 is 36.0 Å². The van der Waals surface area contributed by atoms with Gasteiger partial charge in [-0.05, 0) is 0 Å². The molecule has 0 aliphatic rings. The lowest BCUT2D eigenvalue weighted by molar-refractivity contribution is -0.150. The Kier molecular flexibility index (Phi) is 4.77. The Morgan fingerprint density at radius 1 is 1.00 bits per heavy atom. The highest BCUT2D eigenvalue weighted by molar-refractivity contribution is 6.04. The fourth-order valence-corrected chi connectivity index (χ4v) is 1.12. The monoisotopic (exact) mass is 311 g/mol. The second kappa shape index (κ2) is 5.98. The minimum atomic E-state index is -5.11. The van der Waals surface area contributed by atoms with E-state index < -0.39 is 35.2 Å². The minimum Gasteiger partial charge on any atom is -0.312 e. The summed E-state index contributed by atoms with van der Waals surface area (Å²) in [6.45, 7) is 2.39. The Hall–Kier alpha value is -2.32. The minimum absolute atomic E-state index is 0.463. The van der Waals surface area contributed by atoms with Crippen LogP contribution >= 0.6 is 0 Å². The number of hydrogen-bond donors (Lipinski definition) is 0. The van der Waals surface area contributed by atoms with E-state index in [1.165, 1.54) is 18.2 Å². The number of oxime groups is 1. The Labute approximate surface area is 114 Å². The highest BCUT2D eigenvalue weighted by Gasteiger charge is 2.40. The van der Waals surface area contributed by atoms with Crippen molar-refractivity contribution in [3.8, 4) is 0 Å². The zero-order chi connectivity index (χ0) is 16.3. The number of carbonyl (C=O) groups excluding carboxylic acids is 1. The van der Waals surface area contributed by atoms with Crippen molar-refractivity contribution in [3.63, 3.8) is 0 Å².